The van der Waals surface area contributed by atoms with Crippen molar-refractivity contribution in [3.63, 3.8) is 0 Å². The van der Waals surface area contributed by atoms with Gasteiger partial charge in [0.2, 0.25) is 0 Å². The minimum atomic E-state index is -0.223. The van der Waals surface area contributed by atoms with Gasteiger partial charge in [0, 0.05) is 69.9 Å². The van der Waals surface area contributed by atoms with Gasteiger partial charge < -0.3 is 15.1 Å². The normalized spacial score (nSPS) is 16.0. The maximum atomic E-state index is 13.3. The summed E-state index contributed by atoms with van der Waals surface area (Å²) in [5, 5.41) is 20.6. The van der Waals surface area contributed by atoms with Crippen molar-refractivity contribution in [3.8, 4) is 11.5 Å². The molecule has 216 valence electrons. The summed E-state index contributed by atoms with van der Waals surface area (Å²) in [4.78, 5) is 32.2. The first-order chi connectivity index (χ1) is 19.6. The lowest BCUT2D eigenvalue weighted by atomic mass is 9.98. The number of piperazine rings is 1. The molecule has 0 aliphatic carbocycles. The molecule has 41 heavy (non-hydrogen) atoms. The van der Waals surface area contributed by atoms with Crippen molar-refractivity contribution < 1.29 is 19.8 Å². The summed E-state index contributed by atoms with van der Waals surface area (Å²) >= 11 is 0. The van der Waals surface area contributed by atoms with E-state index in [4.69, 9.17) is 0 Å². The lowest BCUT2D eigenvalue weighted by molar-refractivity contribution is 0.0748. The fourth-order valence-electron chi connectivity index (χ4n) is 5.82. The van der Waals surface area contributed by atoms with E-state index in [1.807, 2.05) is 39.8 Å². The Morgan fingerprint density at radius 1 is 0.732 bits per heavy atom. The van der Waals surface area contributed by atoms with Crippen LogP contribution in [0.4, 0.5) is 0 Å². The van der Waals surface area contributed by atoms with Gasteiger partial charge in [-0.25, -0.2) is 0 Å². The third-order valence-electron chi connectivity index (χ3n) is 8.32. The minimum Gasteiger partial charge on any atom is -0.508 e. The third kappa shape index (κ3) is 6.47. The number of benzene rings is 3. The van der Waals surface area contributed by atoms with Gasteiger partial charge in [0.05, 0.1) is 5.56 Å². The highest BCUT2D eigenvalue weighted by atomic mass is 16.3. The van der Waals surface area contributed by atoms with Gasteiger partial charge in [-0.2, -0.15) is 0 Å². The summed E-state index contributed by atoms with van der Waals surface area (Å²) in [6.45, 7) is 14.5. The molecule has 1 saturated heterocycles. The highest BCUT2D eigenvalue weighted by Gasteiger charge is 2.28. The molecule has 7 heteroatoms. The molecular formula is C34H41N3O4. The Kier molecular flexibility index (Phi) is 8.47. The lowest BCUT2D eigenvalue weighted by Gasteiger charge is -2.34. The molecule has 3 aromatic carbocycles. The Bertz CT molecular complexity index is 1420. The van der Waals surface area contributed by atoms with E-state index in [-0.39, 0.29) is 40.6 Å². The molecule has 0 saturated carbocycles. The third-order valence-corrected chi connectivity index (χ3v) is 8.32. The second-order valence-corrected chi connectivity index (χ2v) is 12.1. The summed E-state index contributed by atoms with van der Waals surface area (Å²) in [7, 11) is 0. The van der Waals surface area contributed by atoms with E-state index in [0.29, 0.717) is 18.7 Å². The van der Waals surface area contributed by atoms with E-state index >= 15 is 0 Å². The van der Waals surface area contributed by atoms with Crippen LogP contribution in [0.15, 0.2) is 54.6 Å². The fourth-order valence-corrected chi connectivity index (χ4v) is 5.82. The molecule has 3 aromatic rings. The van der Waals surface area contributed by atoms with Crippen molar-refractivity contribution in [2.24, 2.45) is 5.92 Å². The number of phenolic OH excluding ortho intramolecular Hbond substituents is 2. The van der Waals surface area contributed by atoms with Crippen LogP contribution in [0.1, 0.15) is 82.1 Å². The number of Topliss-reactive ketones (excluding diaryl/α,β-unsaturated/α-hetero) is 1. The van der Waals surface area contributed by atoms with Gasteiger partial charge in [0.15, 0.2) is 5.78 Å². The molecule has 5 rings (SSSR count). The molecular weight excluding hydrogens is 514 g/mol. The molecule has 2 aliphatic heterocycles. The average Bonchev–Trinajstić information content (AvgIpc) is 3.37. The molecule has 2 N–H and O–H groups in total. The standard InChI is InChI=1S/C34H41N3O4/c1-22(2)29-16-30(32(39)17-31(29)38)34(41)37-20-27-10-7-25(15-28(27)21-37)19-36-13-11-35(12-14-36)18-24-5-8-26(9-6-24)33(40)23(3)4/h5-10,15-17,22-23,38-39H,11-14,18-21H2,1-4H3. The van der Waals surface area contributed by atoms with Crippen LogP contribution in [-0.4, -0.2) is 62.8 Å². The Hall–Kier alpha value is -3.68. The molecule has 0 atom stereocenters. The van der Waals surface area contributed by atoms with Crippen LogP contribution in [0.3, 0.4) is 0 Å². The smallest absolute Gasteiger partial charge is 0.258 e. The second-order valence-electron chi connectivity index (χ2n) is 12.1. The number of hydrogen-bond acceptors (Lipinski definition) is 6. The topological polar surface area (TPSA) is 84.3 Å². The second kappa shape index (κ2) is 12.0. The molecule has 0 unspecified atom stereocenters. The highest BCUT2D eigenvalue weighted by molar-refractivity contribution is 5.98. The van der Waals surface area contributed by atoms with Gasteiger partial charge >= 0.3 is 0 Å². The van der Waals surface area contributed by atoms with Gasteiger partial charge in [-0.1, -0.05) is 70.2 Å². The van der Waals surface area contributed by atoms with Crippen molar-refractivity contribution in [2.75, 3.05) is 26.2 Å². The molecule has 0 radical (unpaired) electrons. The van der Waals surface area contributed by atoms with Crippen molar-refractivity contribution >= 4 is 11.7 Å². The van der Waals surface area contributed by atoms with Crippen molar-refractivity contribution in [1.29, 1.82) is 0 Å². The molecule has 0 aromatic heterocycles. The SMILES string of the molecule is CC(C)C(=O)c1ccc(CN2CCN(Cc3ccc4c(c3)CN(C(=O)c3cc(C(C)C)c(O)cc3O)C4)CC2)cc1. The van der Waals surface area contributed by atoms with E-state index < -0.39 is 0 Å². The maximum Gasteiger partial charge on any atom is 0.258 e. The number of nitrogens with zero attached hydrogens (tertiary/aromatic N) is 3. The van der Waals surface area contributed by atoms with E-state index in [1.54, 1.807) is 11.0 Å². The molecule has 1 fully saturated rings. The summed E-state index contributed by atoms with van der Waals surface area (Å²) in [5.41, 5.74) is 6.43. The Balaban J connectivity index is 1.15. The van der Waals surface area contributed by atoms with Crippen LogP contribution in [0.25, 0.3) is 0 Å². The number of carbonyl (C=O) groups is 2. The zero-order chi connectivity index (χ0) is 29.3. The van der Waals surface area contributed by atoms with Crippen LogP contribution >= 0.6 is 0 Å². The van der Waals surface area contributed by atoms with E-state index in [9.17, 15) is 19.8 Å². The number of ketones is 1. The first kappa shape index (κ1) is 28.8. The summed E-state index contributed by atoms with van der Waals surface area (Å²) in [6, 6.07) is 17.4. The van der Waals surface area contributed by atoms with Crippen LogP contribution in [0, 0.1) is 5.92 Å². The van der Waals surface area contributed by atoms with E-state index in [2.05, 4.69) is 40.1 Å². The number of carbonyl (C=O) groups excluding carboxylic acids is 2. The number of aromatic hydroxyl groups is 2. The summed E-state index contributed by atoms with van der Waals surface area (Å²) < 4.78 is 0. The van der Waals surface area contributed by atoms with E-state index in [1.165, 1.54) is 17.2 Å². The largest absolute Gasteiger partial charge is 0.508 e. The average molecular weight is 556 g/mol. The molecule has 2 heterocycles. The number of amides is 1. The molecule has 0 spiro atoms. The lowest BCUT2D eigenvalue weighted by Crippen LogP contribution is -2.45. The fraction of sp³-hybridized carbons (Fsp3) is 0.412. The zero-order valence-corrected chi connectivity index (χ0v) is 24.6. The number of fused-ring (bicyclic) bond motifs is 1. The predicted molar refractivity (Wildman–Crippen MR) is 160 cm³/mol. The van der Waals surface area contributed by atoms with Gasteiger partial charge in [-0.3, -0.25) is 19.4 Å². The number of hydrogen-bond donors (Lipinski definition) is 2. The maximum absolute atomic E-state index is 13.3. The van der Waals surface area contributed by atoms with E-state index in [0.717, 1.165) is 56.0 Å². The quantitative estimate of drug-likeness (QED) is 0.356. The van der Waals surface area contributed by atoms with Gasteiger partial charge in [0.1, 0.15) is 11.5 Å². The van der Waals surface area contributed by atoms with Crippen molar-refractivity contribution in [3.05, 3.63) is 93.5 Å². The van der Waals surface area contributed by atoms with Crippen LogP contribution in [0.5, 0.6) is 11.5 Å². The Morgan fingerprint density at radius 3 is 1.93 bits per heavy atom. The number of phenols is 2. The molecule has 1 amide bonds. The van der Waals surface area contributed by atoms with Crippen LogP contribution in [0.2, 0.25) is 0 Å². The van der Waals surface area contributed by atoms with Crippen molar-refractivity contribution in [2.45, 2.75) is 59.8 Å². The first-order valence-corrected chi connectivity index (χ1v) is 14.6. The first-order valence-electron chi connectivity index (χ1n) is 14.6. The zero-order valence-electron chi connectivity index (χ0n) is 24.6. The monoisotopic (exact) mass is 555 g/mol. The highest BCUT2D eigenvalue weighted by Crippen LogP contribution is 2.34. The van der Waals surface area contributed by atoms with Crippen LogP contribution in [-0.2, 0) is 26.2 Å². The molecule has 0 bridgehead atoms. The summed E-state index contributed by atoms with van der Waals surface area (Å²) in [5.74, 6) is -0.162. The van der Waals surface area contributed by atoms with Crippen molar-refractivity contribution in [1.82, 2.24) is 14.7 Å². The Labute approximate surface area is 243 Å². The predicted octanol–water partition coefficient (Wildman–Crippen LogP) is 5.53. The number of rotatable bonds is 8. The van der Waals surface area contributed by atoms with Gasteiger partial charge in [-0.15, -0.1) is 0 Å². The van der Waals surface area contributed by atoms with Gasteiger partial charge in [0.25, 0.3) is 5.91 Å². The van der Waals surface area contributed by atoms with Crippen LogP contribution < -0.4 is 0 Å². The summed E-state index contributed by atoms with van der Waals surface area (Å²) in [6.07, 6.45) is 0. The molecule has 2 aliphatic rings. The molecule has 7 nitrogen and oxygen atoms in total. The Morgan fingerprint density at radius 2 is 1.32 bits per heavy atom. The minimum absolute atomic E-state index is 0.0117. The van der Waals surface area contributed by atoms with Gasteiger partial charge in [-0.05, 0) is 39.8 Å².